The second-order valence-corrected chi connectivity index (χ2v) is 6.89. The van der Waals surface area contributed by atoms with E-state index in [0.29, 0.717) is 0 Å². The van der Waals surface area contributed by atoms with E-state index >= 15 is 0 Å². The summed E-state index contributed by atoms with van der Waals surface area (Å²) in [6, 6.07) is 15.3. The highest BCUT2D eigenvalue weighted by molar-refractivity contribution is 9.08. The predicted molar refractivity (Wildman–Crippen MR) is 98.7 cm³/mol. The van der Waals surface area contributed by atoms with Gasteiger partial charge in [0.1, 0.15) is 0 Å². The number of halogens is 1. The second-order valence-electron chi connectivity index (χ2n) is 5.16. The van der Waals surface area contributed by atoms with Gasteiger partial charge in [0.2, 0.25) is 0 Å². The predicted octanol–water partition coefficient (Wildman–Crippen LogP) is 5.41. The summed E-state index contributed by atoms with van der Waals surface area (Å²) in [6.07, 6.45) is 1.06. The quantitative estimate of drug-likeness (QED) is 0.260. The van der Waals surface area contributed by atoms with Crippen LogP contribution in [0.3, 0.4) is 0 Å². The van der Waals surface area contributed by atoms with Gasteiger partial charge < -0.3 is 0 Å². The molecule has 0 aliphatic rings. The van der Waals surface area contributed by atoms with Gasteiger partial charge in [0.25, 0.3) is 5.69 Å². The normalized spacial score (nSPS) is 10.9. The molecular formula is C17H19BrN2O2S. The number of alkyl halides is 1. The highest BCUT2D eigenvalue weighted by Crippen LogP contribution is 2.26. The van der Waals surface area contributed by atoms with Gasteiger partial charge in [0, 0.05) is 35.4 Å². The Morgan fingerprint density at radius 2 is 1.70 bits per heavy atom. The number of non-ortho nitro benzene ring substituents is 1. The van der Waals surface area contributed by atoms with Crippen molar-refractivity contribution in [3.05, 3.63) is 69.8 Å². The molecular weight excluding hydrogens is 376 g/mol. The van der Waals surface area contributed by atoms with Crippen molar-refractivity contribution in [3.63, 3.8) is 0 Å². The molecule has 0 aromatic heterocycles. The fourth-order valence-corrected chi connectivity index (χ4v) is 3.54. The highest BCUT2D eigenvalue weighted by Gasteiger charge is 2.10. The lowest BCUT2D eigenvalue weighted by Crippen LogP contribution is -2.16. The Bertz CT molecular complexity index is 632. The van der Waals surface area contributed by atoms with Crippen LogP contribution in [0.1, 0.15) is 24.5 Å². The molecule has 0 bridgehead atoms. The summed E-state index contributed by atoms with van der Waals surface area (Å²) < 4.78 is 2.28. The lowest BCUT2D eigenvalue weighted by atomic mass is 10.1. The van der Waals surface area contributed by atoms with Gasteiger partial charge in [0.15, 0.2) is 0 Å². The standard InChI is InChI=1S/C17H19BrN2O2S/c1-2-11-19(13-15-5-3-14(12-18)4-6-15)23-17-9-7-16(8-10-17)20(21)22/h3-10H,2,11-13H2,1H3. The molecule has 2 rings (SSSR count). The molecule has 0 heterocycles. The van der Waals surface area contributed by atoms with Crippen molar-refractivity contribution in [1.29, 1.82) is 0 Å². The summed E-state index contributed by atoms with van der Waals surface area (Å²) in [4.78, 5) is 11.4. The lowest BCUT2D eigenvalue weighted by molar-refractivity contribution is -0.384. The van der Waals surface area contributed by atoms with Crippen LogP contribution in [0, 0.1) is 10.1 Å². The molecule has 2 aromatic carbocycles. The molecule has 0 unspecified atom stereocenters. The van der Waals surface area contributed by atoms with Crippen molar-refractivity contribution < 1.29 is 4.92 Å². The number of rotatable bonds is 8. The topological polar surface area (TPSA) is 46.4 Å². The third-order valence-electron chi connectivity index (χ3n) is 3.29. The van der Waals surface area contributed by atoms with Crippen LogP contribution < -0.4 is 0 Å². The van der Waals surface area contributed by atoms with Gasteiger partial charge in [-0.05, 0) is 41.6 Å². The van der Waals surface area contributed by atoms with E-state index in [-0.39, 0.29) is 10.6 Å². The third-order valence-corrected chi connectivity index (χ3v) is 4.99. The zero-order valence-electron chi connectivity index (χ0n) is 12.9. The SMILES string of the molecule is CCCN(Cc1ccc(CBr)cc1)Sc1ccc([N+](=O)[O-])cc1. The Kier molecular flexibility index (Phi) is 7.08. The molecule has 0 amide bonds. The first-order valence-corrected chi connectivity index (χ1v) is 9.33. The third kappa shape index (κ3) is 5.64. The minimum absolute atomic E-state index is 0.127. The van der Waals surface area contributed by atoms with Crippen LogP contribution in [0.2, 0.25) is 0 Å². The van der Waals surface area contributed by atoms with E-state index in [1.165, 1.54) is 11.1 Å². The van der Waals surface area contributed by atoms with Gasteiger partial charge in [-0.15, -0.1) is 0 Å². The van der Waals surface area contributed by atoms with E-state index < -0.39 is 0 Å². The highest BCUT2D eigenvalue weighted by atomic mass is 79.9. The summed E-state index contributed by atoms with van der Waals surface area (Å²) in [5.41, 5.74) is 2.65. The first-order valence-electron chi connectivity index (χ1n) is 7.43. The molecule has 6 heteroatoms. The van der Waals surface area contributed by atoms with Crippen LogP contribution in [-0.4, -0.2) is 15.8 Å². The summed E-state index contributed by atoms with van der Waals surface area (Å²) >= 11 is 5.10. The van der Waals surface area contributed by atoms with Crippen LogP contribution in [0.15, 0.2) is 53.4 Å². The lowest BCUT2D eigenvalue weighted by Gasteiger charge is -2.20. The molecule has 2 aromatic rings. The van der Waals surface area contributed by atoms with Gasteiger partial charge in [-0.1, -0.05) is 47.1 Å². The summed E-state index contributed by atoms with van der Waals surface area (Å²) in [7, 11) is 0. The Morgan fingerprint density at radius 3 is 2.22 bits per heavy atom. The molecule has 23 heavy (non-hydrogen) atoms. The molecule has 4 nitrogen and oxygen atoms in total. The van der Waals surface area contributed by atoms with Crippen LogP contribution in [0.5, 0.6) is 0 Å². The Labute approximate surface area is 149 Å². The fourth-order valence-electron chi connectivity index (χ4n) is 2.12. The maximum absolute atomic E-state index is 10.7. The minimum Gasteiger partial charge on any atom is -0.258 e. The van der Waals surface area contributed by atoms with E-state index in [1.54, 1.807) is 36.2 Å². The van der Waals surface area contributed by atoms with Crippen LogP contribution >= 0.6 is 27.9 Å². The number of nitrogens with zero attached hydrogens (tertiary/aromatic N) is 2. The minimum atomic E-state index is -0.371. The average Bonchev–Trinajstić information content (AvgIpc) is 2.56. The van der Waals surface area contributed by atoms with Gasteiger partial charge in [0.05, 0.1) is 4.92 Å². The van der Waals surface area contributed by atoms with Crippen molar-refractivity contribution in [2.45, 2.75) is 30.1 Å². The number of hydrogen-bond acceptors (Lipinski definition) is 4. The van der Waals surface area contributed by atoms with Crippen molar-refractivity contribution in [1.82, 2.24) is 4.31 Å². The molecule has 0 atom stereocenters. The van der Waals surface area contributed by atoms with Gasteiger partial charge in [-0.3, -0.25) is 10.1 Å². The number of benzene rings is 2. The maximum atomic E-state index is 10.7. The van der Waals surface area contributed by atoms with Crippen LogP contribution in [0.4, 0.5) is 5.69 Å². The first kappa shape index (κ1) is 18.0. The summed E-state index contributed by atoms with van der Waals surface area (Å²) in [5, 5.41) is 11.6. The Hall–Kier alpha value is -1.37. The first-order chi connectivity index (χ1) is 11.1. The number of nitro benzene ring substituents is 1. The molecule has 122 valence electrons. The molecule has 0 fully saturated rings. The summed E-state index contributed by atoms with van der Waals surface area (Å²) in [5.74, 6) is 0. The Balaban J connectivity index is 2.03. The van der Waals surface area contributed by atoms with Crippen molar-refractivity contribution >= 4 is 33.6 Å². The monoisotopic (exact) mass is 394 g/mol. The van der Waals surface area contributed by atoms with Crippen molar-refractivity contribution in [2.24, 2.45) is 0 Å². The number of nitro groups is 1. The van der Waals surface area contributed by atoms with E-state index in [0.717, 1.165) is 29.7 Å². The van der Waals surface area contributed by atoms with Gasteiger partial charge in [-0.2, -0.15) is 0 Å². The van der Waals surface area contributed by atoms with E-state index in [1.807, 2.05) is 0 Å². The van der Waals surface area contributed by atoms with E-state index in [9.17, 15) is 10.1 Å². The van der Waals surface area contributed by atoms with E-state index in [4.69, 9.17) is 0 Å². The fraction of sp³-hybridized carbons (Fsp3) is 0.294. The maximum Gasteiger partial charge on any atom is 0.269 e. The smallest absolute Gasteiger partial charge is 0.258 e. The molecule has 0 aliphatic heterocycles. The largest absolute Gasteiger partial charge is 0.269 e. The van der Waals surface area contributed by atoms with Crippen molar-refractivity contribution in [2.75, 3.05) is 6.54 Å². The molecule has 0 saturated carbocycles. The van der Waals surface area contributed by atoms with Gasteiger partial charge >= 0.3 is 0 Å². The number of hydrogen-bond donors (Lipinski definition) is 0. The van der Waals surface area contributed by atoms with E-state index in [2.05, 4.69) is 51.4 Å². The summed E-state index contributed by atoms with van der Waals surface area (Å²) in [6.45, 7) is 3.96. The van der Waals surface area contributed by atoms with Crippen molar-refractivity contribution in [3.8, 4) is 0 Å². The molecule has 0 spiro atoms. The van der Waals surface area contributed by atoms with Gasteiger partial charge in [-0.25, -0.2) is 4.31 Å². The van der Waals surface area contributed by atoms with Crippen LogP contribution in [-0.2, 0) is 11.9 Å². The molecule has 0 N–H and O–H groups in total. The zero-order chi connectivity index (χ0) is 16.7. The molecule has 0 aliphatic carbocycles. The second kappa shape index (κ2) is 9.05. The zero-order valence-corrected chi connectivity index (χ0v) is 15.3. The average molecular weight is 395 g/mol. The Morgan fingerprint density at radius 1 is 1.09 bits per heavy atom. The van der Waals surface area contributed by atoms with Crippen LogP contribution in [0.25, 0.3) is 0 Å². The molecule has 0 saturated heterocycles. The molecule has 0 radical (unpaired) electrons.